The van der Waals surface area contributed by atoms with Crippen LogP contribution in [-0.2, 0) is 16.0 Å². The van der Waals surface area contributed by atoms with Crippen LogP contribution in [0.25, 0.3) is 0 Å². The van der Waals surface area contributed by atoms with E-state index in [1.54, 1.807) is 12.1 Å². The van der Waals surface area contributed by atoms with Crippen molar-refractivity contribution in [2.24, 2.45) is 0 Å². The van der Waals surface area contributed by atoms with Crippen molar-refractivity contribution in [3.05, 3.63) is 29.3 Å². The third kappa shape index (κ3) is 1.96. The van der Waals surface area contributed by atoms with E-state index in [1.165, 1.54) is 12.7 Å². The second-order valence-corrected chi connectivity index (χ2v) is 3.90. The summed E-state index contributed by atoms with van der Waals surface area (Å²) in [6.07, 6.45) is 2.36. The zero-order chi connectivity index (χ0) is 10.8. The standard InChI is InChI=1S/C12H14O3/c1-15-12(14)6-9-3-2-8-4-5-10(13)7-11(8)9/h4-5,7,9,13H,2-3,6H2,1H3/t9-/m1/s1. The van der Waals surface area contributed by atoms with Gasteiger partial charge in [-0.05, 0) is 42.0 Å². The first kappa shape index (κ1) is 10.0. The second kappa shape index (κ2) is 3.93. The number of aryl methyl sites for hydroxylation is 1. The van der Waals surface area contributed by atoms with Crippen LogP contribution in [0.5, 0.6) is 5.75 Å². The van der Waals surface area contributed by atoms with Crippen molar-refractivity contribution in [3.8, 4) is 5.75 Å². The minimum Gasteiger partial charge on any atom is -0.508 e. The molecule has 0 fully saturated rings. The van der Waals surface area contributed by atoms with E-state index in [2.05, 4.69) is 4.74 Å². The van der Waals surface area contributed by atoms with Crippen molar-refractivity contribution in [1.29, 1.82) is 0 Å². The van der Waals surface area contributed by atoms with Gasteiger partial charge in [0.25, 0.3) is 0 Å². The number of methoxy groups -OCH3 is 1. The van der Waals surface area contributed by atoms with E-state index in [1.807, 2.05) is 6.07 Å². The van der Waals surface area contributed by atoms with Crippen LogP contribution in [0.3, 0.4) is 0 Å². The molecule has 0 amide bonds. The normalized spacial score (nSPS) is 18.6. The maximum atomic E-state index is 11.2. The van der Waals surface area contributed by atoms with Crippen LogP contribution in [0.15, 0.2) is 18.2 Å². The number of rotatable bonds is 2. The number of carbonyl (C=O) groups is 1. The zero-order valence-corrected chi connectivity index (χ0v) is 8.69. The van der Waals surface area contributed by atoms with Crippen molar-refractivity contribution >= 4 is 5.97 Å². The molecule has 0 spiro atoms. The van der Waals surface area contributed by atoms with Crippen molar-refractivity contribution < 1.29 is 14.6 Å². The van der Waals surface area contributed by atoms with E-state index in [0.29, 0.717) is 6.42 Å². The third-order valence-electron chi connectivity index (χ3n) is 2.97. The van der Waals surface area contributed by atoms with Gasteiger partial charge in [-0.25, -0.2) is 0 Å². The van der Waals surface area contributed by atoms with Crippen molar-refractivity contribution in [2.45, 2.75) is 25.2 Å². The number of phenols is 1. The summed E-state index contributed by atoms with van der Waals surface area (Å²) in [6, 6.07) is 5.39. The molecule has 0 bridgehead atoms. The Kier molecular flexibility index (Phi) is 2.62. The highest BCUT2D eigenvalue weighted by Crippen LogP contribution is 2.37. The number of hydrogen-bond acceptors (Lipinski definition) is 3. The van der Waals surface area contributed by atoms with Gasteiger partial charge in [-0.1, -0.05) is 6.07 Å². The number of fused-ring (bicyclic) bond motifs is 1. The first-order valence-corrected chi connectivity index (χ1v) is 5.09. The highest BCUT2D eigenvalue weighted by molar-refractivity contribution is 5.70. The molecule has 0 radical (unpaired) electrons. The molecule has 1 atom stereocenters. The molecular formula is C12H14O3. The Morgan fingerprint density at radius 1 is 1.60 bits per heavy atom. The summed E-state index contributed by atoms with van der Waals surface area (Å²) < 4.78 is 4.66. The maximum Gasteiger partial charge on any atom is 0.306 e. The Morgan fingerprint density at radius 2 is 2.40 bits per heavy atom. The first-order valence-electron chi connectivity index (χ1n) is 5.09. The average Bonchev–Trinajstić information content (AvgIpc) is 2.61. The van der Waals surface area contributed by atoms with E-state index < -0.39 is 0 Å². The molecule has 1 aliphatic rings. The number of aromatic hydroxyl groups is 1. The summed E-state index contributed by atoms with van der Waals surface area (Å²) in [6.45, 7) is 0. The SMILES string of the molecule is COC(=O)C[C@H]1CCc2ccc(O)cc21. The lowest BCUT2D eigenvalue weighted by Crippen LogP contribution is -2.06. The molecule has 1 N–H and O–H groups in total. The van der Waals surface area contributed by atoms with Crippen LogP contribution in [0.2, 0.25) is 0 Å². The topological polar surface area (TPSA) is 46.5 Å². The monoisotopic (exact) mass is 206 g/mol. The lowest BCUT2D eigenvalue weighted by molar-refractivity contribution is -0.141. The Morgan fingerprint density at radius 3 is 3.13 bits per heavy atom. The molecule has 0 aliphatic heterocycles. The van der Waals surface area contributed by atoms with Crippen LogP contribution in [-0.4, -0.2) is 18.2 Å². The van der Waals surface area contributed by atoms with E-state index in [-0.39, 0.29) is 17.6 Å². The molecule has 1 aromatic rings. The fourth-order valence-corrected chi connectivity index (χ4v) is 2.17. The Bertz CT molecular complexity index is 384. The van der Waals surface area contributed by atoms with Gasteiger partial charge in [0.1, 0.15) is 5.75 Å². The van der Waals surface area contributed by atoms with Crippen LogP contribution >= 0.6 is 0 Å². The predicted octanol–water partition coefficient (Wildman–Crippen LogP) is 1.99. The van der Waals surface area contributed by atoms with Crippen molar-refractivity contribution in [3.63, 3.8) is 0 Å². The molecular weight excluding hydrogens is 192 g/mol. The number of ether oxygens (including phenoxy) is 1. The molecule has 0 saturated heterocycles. The number of esters is 1. The summed E-state index contributed by atoms with van der Waals surface area (Å²) in [5, 5.41) is 9.39. The van der Waals surface area contributed by atoms with Crippen molar-refractivity contribution in [2.75, 3.05) is 7.11 Å². The van der Waals surface area contributed by atoms with Crippen LogP contribution in [0, 0.1) is 0 Å². The lowest BCUT2D eigenvalue weighted by atomic mass is 9.98. The van der Waals surface area contributed by atoms with Gasteiger partial charge in [-0.3, -0.25) is 4.79 Å². The highest BCUT2D eigenvalue weighted by atomic mass is 16.5. The van der Waals surface area contributed by atoms with Gasteiger partial charge in [0.2, 0.25) is 0 Å². The molecule has 15 heavy (non-hydrogen) atoms. The average molecular weight is 206 g/mol. The minimum atomic E-state index is -0.184. The third-order valence-corrected chi connectivity index (χ3v) is 2.97. The molecule has 0 aromatic heterocycles. The Labute approximate surface area is 88.7 Å². The molecule has 1 aromatic carbocycles. The molecule has 80 valence electrons. The molecule has 2 rings (SSSR count). The van der Waals surface area contributed by atoms with Gasteiger partial charge in [0.15, 0.2) is 0 Å². The Hall–Kier alpha value is -1.51. The van der Waals surface area contributed by atoms with Gasteiger partial charge in [-0.2, -0.15) is 0 Å². The smallest absolute Gasteiger partial charge is 0.306 e. The summed E-state index contributed by atoms with van der Waals surface area (Å²) in [5.74, 6) is 0.293. The fourth-order valence-electron chi connectivity index (χ4n) is 2.17. The summed E-state index contributed by atoms with van der Waals surface area (Å²) in [7, 11) is 1.40. The second-order valence-electron chi connectivity index (χ2n) is 3.90. The molecule has 0 heterocycles. The van der Waals surface area contributed by atoms with E-state index >= 15 is 0 Å². The molecule has 1 aliphatic carbocycles. The lowest BCUT2D eigenvalue weighted by Gasteiger charge is -2.09. The summed E-state index contributed by atoms with van der Waals surface area (Å²) >= 11 is 0. The largest absolute Gasteiger partial charge is 0.508 e. The van der Waals surface area contributed by atoms with E-state index in [9.17, 15) is 9.90 Å². The molecule has 3 heteroatoms. The first-order chi connectivity index (χ1) is 7.20. The van der Waals surface area contributed by atoms with Gasteiger partial charge in [-0.15, -0.1) is 0 Å². The Balaban J connectivity index is 2.20. The van der Waals surface area contributed by atoms with Crippen LogP contribution in [0.1, 0.15) is 29.9 Å². The maximum absolute atomic E-state index is 11.2. The predicted molar refractivity (Wildman–Crippen MR) is 55.8 cm³/mol. The number of phenolic OH excluding ortho intramolecular Hbond substituents is 1. The van der Waals surface area contributed by atoms with Crippen LogP contribution in [0.4, 0.5) is 0 Å². The zero-order valence-electron chi connectivity index (χ0n) is 8.69. The number of carbonyl (C=O) groups excluding carboxylic acids is 1. The number of benzene rings is 1. The van der Waals surface area contributed by atoms with E-state index in [0.717, 1.165) is 18.4 Å². The highest BCUT2D eigenvalue weighted by Gasteiger charge is 2.25. The van der Waals surface area contributed by atoms with Crippen molar-refractivity contribution in [1.82, 2.24) is 0 Å². The summed E-state index contributed by atoms with van der Waals surface area (Å²) in [4.78, 5) is 11.2. The molecule has 0 saturated carbocycles. The van der Waals surface area contributed by atoms with E-state index in [4.69, 9.17) is 0 Å². The van der Waals surface area contributed by atoms with Gasteiger partial charge >= 0.3 is 5.97 Å². The van der Waals surface area contributed by atoms with Gasteiger partial charge < -0.3 is 9.84 Å². The van der Waals surface area contributed by atoms with Gasteiger partial charge in [0.05, 0.1) is 13.5 Å². The number of hydrogen-bond donors (Lipinski definition) is 1. The molecule has 0 unspecified atom stereocenters. The fraction of sp³-hybridized carbons (Fsp3) is 0.417. The summed E-state index contributed by atoms with van der Waals surface area (Å²) in [5.41, 5.74) is 2.34. The molecule has 3 nitrogen and oxygen atoms in total. The minimum absolute atomic E-state index is 0.184. The van der Waals surface area contributed by atoms with Crippen LogP contribution < -0.4 is 0 Å². The van der Waals surface area contributed by atoms with Gasteiger partial charge in [0, 0.05) is 0 Å². The quantitative estimate of drug-likeness (QED) is 0.753.